The van der Waals surface area contributed by atoms with Gasteiger partial charge in [0.2, 0.25) is 0 Å². The third-order valence-corrected chi connectivity index (χ3v) is 8.64. The molecule has 1 aliphatic carbocycles. The minimum absolute atomic E-state index is 0.0951. The number of benzene rings is 2. The van der Waals surface area contributed by atoms with Crippen LogP contribution in [0, 0.1) is 12.8 Å². The van der Waals surface area contributed by atoms with Gasteiger partial charge in [-0.2, -0.15) is 0 Å². The Morgan fingerprint density at radius 3 is 2.27 bits per heavy atom. The number of rotatable bonds is 6. The van der Waals surface area contributed by atoms with Crippen molar-refractivity contribution in [1.29, 1.82) is 0 Å². The van der Waals surface area contributed by atoms with Gasteiger partial charge in [0, 0.05) is 11.7 Å². The molecule has 2 amide bonds. The summed E-state index contributed by atoms with van der Waals surface area (Å²) in [6.45, 7) is 3.87. The molecule has 2 aromatic rings. The largest absolute Gasteiger partial charge is 0.293 e. The molecule has 1 unspecified atom stereocenters. The number of hydrogen-bond donors (Lipinski definition) is 1. The molecule has 1 N–H and O–H groups in total. The minimum Gasteiger partial charge on any atom is -0.280 e. The maximum Gasteiger partial charge on any atom is 0.293 e. The van der Waals surface area contributed by atoms with E-state index in [-0.39, 0.29) is 22.1 Å². The monoisotopic (exact) mass is 484 g/mol. The summed E-state index contributed by atoms with van der Waals surface area (Å²) in [5, 5.41) is -0.216. The molecule has 1 aliphatic heterocycles. The first-order valence-electron chi connectivity index (χ1n) is 11.2. The Kier molecular flexibility index (Phi) is 6.95. The molecule has 6 nitrogen and oxygen atoms in total. The Balaban J connectivity index is 1.45. The van der Waals surface area contributed by atoms with Gasteiger partial charge in [0.15, 0.2) is 0 Å². The van der Waals surface area contributed by atoms with Crippen LogP contribution in [0.25, 0.3) is 6.08 Å². The van der Waals surface area contributed by atoms with Crippen molar-refractivity contribution in [3.8, 4) is 0 Å². The van der Waals surface area contributed by atoms with Gasteiger partial charge in [-0.1, -0.05) is 49.1 Å². The Hall–Kier alpha value is -2.58. The topological polar surface area (TPSA) is 83.6 Å². The number of carbonyl (C=O) groups is 2. The molecule has 0 aromatic heterocycles. The summed E-state index contributed by atoms with van der Waals surface area (Å²) >= 11 is 0.969. The molecule has 1 saturated heterocycles. The molecule has 0 radical (unpaired) electrons. The molecular formula is C25H28N2O4S2. The van der Waals surface area contributed by atoms with Gasteiger partial charge in [-0.15, -0.1) is 0 Å². The fraction of sp³-hybridized carbons (Fsp3) is 0.360. The van der Waals surface area contributed by atoms with Crippen LogP contribution in [0.15, 0.2) is 58.3 Å². The smallest absolute Gasteiger partial charge is 0.280 e. The zero-order valence-electron chi connectivity index (χ0n) is 18.8. The first-order chi connectivity index (χ1) is 15.7. The molecule has 1 heterocycles. The number of sulfonamides is 1. The van der Waals surface area contributed by atoms with Gasteiger partial charge in [-0.05, 0) is 80.3 Å². The Morgan fingerprint density at radius 2 is 1.64 bits per heavy atom. The highest BCUT2D eigenvalue weighted by atomic mass is 32.2. The number of anilines is 1. The van der Waals surface area contributed by atoms with E-state index in [0.29, 0.717) is 16.5 Å². The second-order valence-electron chi connectivity index (χ2n) is 8.73. The molecule has 4 rings (SSSR count). The lowest BCUT2D eigenvalue weighted by Gasteiger charge is -2.32. The molecule has 0 spiro atoms. The summed E-state index contributed by atoms with van der Waals surface area (Å²) in [5.41, 5.74) is 2.13. The third-order valence-electron chi connectivity index (χ3n) is 6.35. The number of thioether (sulfide) groups is 1. The molecule has 174 valence electrons. The first-order valence-corrected chi connectivity index (χ1v) is 13.5. The van der Waals surface area contributed by atoms with Crippen LogP contribution in [-0.4, -0.2) is 30.5 Å². The van der Waals surface area contributed by atoms with Crippen molar-refractivity contribution in [1.82, 2.24) is 4.90 Å². The fourth-order valence-electron chi connectivity index (χ4n) is 4.39. The standard InChI is InChI=1S/C25H28N2O4S2/c1-17-8-14-22(15-9-17)33(30,31)26-21-12-10-19(11-13-21)16-23-24(28)27(25(29)32-23)18(2)20-6-4-3-5-7-20/h8-16,18,20,26H,3-7H2,1-2H3. The quantitative estimate of drug-likeness (QED) is 0.524. The van der Waals surface area contributed by atoms with Crippen molar-refractivity contribution < 1.29 is 18.0 Å². The summed E-state index contributed by atoms with van der Waals surface area (Å²) in [6.07, 6.45) is 7.34. The Labute approximate surface area is 199 Å². The van der Waals surface area contributed by atoms with E-state index in [1.54, 1.807) is 54.6 Å². The average Bonchev–Trinajstić information content (AvgIpc) is 3.08. The highest BCUT2D eigenvalue weighted by Gasteiger charge is 2.40. The molecule has 8 heteroatoms. The maximum absolute atomic E-state index is 13.0. The van der Waals surface area contributed by atoms with Crippen LogP contribution in [0.4, 0.5) is 10.5 Å². The van der Waals surface area contributed by atoms with E-state index in [2.05, 4.69) is 4.72 Å². The molecule has 0 bridgehead atoms. The van der Waals surface area contributed by atoms with Crippen LogP contribution in [0.2, 0.25) is 0 Å². The molecular weight excluding hydrogens is 456 g/mol. The van der Waals surface area contributed by atoms with Gasteiger partial charge in [-0.25, -0.2) is 8.42 Å². The van der Waals surface area contributed by atoms with E-state index in [4.69, 9.17) is 0 Å². The van der Waals surface area contributed by atoms with Gasteiger partial charge in [0.1, 0.15) is 0 Å². The minimum atomic E-state index is -3.68. The van der Waals surface area contributed by atoms with E-state index >= 15 is 0 Å². The van der Waals surface area contributed by atoms with Crippen molar-refractivity contribution in [2.75, 3.05) is 4.72 Å². The van der Waals surface area contributed by atoms with Crippen molar-refractivity contribution in [3.05, 3.63) is 64.6 Å². The zero-order valence-corrected chi connectivity index (χ0v) is 20.4. The number of nitrogens with one attached hydrogen (secondary N) is 1. The van der Waals surface area contributed by atoms with Gasteiger partial charge in [-0.3, -0.25) is 19.2 Å². The lowest BCUT2D eigenvalue weighted by atomic mass is 9.84. The van der Waals surface area contributed by atoms with Crippen LogP contribution >= 0.6 is 11.8 Å². The van der Waals surface area contributed by atoms with Crippen LogP contribution < -0.4 is 4.72 Å². The predicted molar refractivity (Wildman–Crippen MR) is 132 cm³/mol. The summed E-state index contributed by atoms with van der Waals surface area (Å²) < 4.78 is 27.7. The second kappa shape index (κ2) is 9.73. The van der Waals surface area contributed by atoms with E-state index in [9.17, 15) is 18.0 Å². The first kappa shape index (κ1) is 23.6. The lowest BCUT2D eigenvalue weighted by molar-refractivity contribution is -0.125. The van der Waals surface area contributed by atoms with Crippen LogP contribution in [0.5, 0.6) is 0 Å². The van der Waals surface area contributed by atoms with Gasteiger partial charge in [0.25, 0.3) is 21.2 Å². The van der Waals surface area contributed by atoms with Crippen molar-refractivity contribution in [3.63, 3.8) is 0 Å². The highest BCUT2D eigenvalue weighted by Crippen LogP contribution is 2.38. The number of imide groups is 1. The molecule has 2 aliphatic rings. The van der Waals surface area contributed by atoms with Gasteiger partial charge in [0.05, 0.1) is 9.80 Å². The molecule has 2 aromatic carbocycles. The maximum atomic E-state index is 13.0. The van der Waals surface area contributed by atoms with Gasteiger partial charge < -0.3 is 0 Å². The van der Waals surface area contributed by atoms with Crippen molar-refractivity contribution in [2.45, 2.75) is 56.9 Å². The normalized spacial score (nSPS) is 19.8. The van der Waals surface area contributed by atoms with E-state index < -0.39 is 10.0 Å². The van der Waals surface area contributed by atoms with Crippen molar-refractivity contribution in [2.24, 2.45) is 5.92 Å². The Bertz CT molecular complexity index is 1170. The van der Waals surface area contributed by atoms with E-state index in [1.165, 1.54) is 11.3 Å². The number of nitrogens with zero attached hydrogens (tertiary/aromatic N) is 1. The predicted octanol–water partition coefficient (Wildman–Crippen LogP) is 5.80. The summed E-state index contributed by atoms with van der Waals surface area (Å²) in [4.78, 5) is 27.6. The fourth-order valence-corrected chi connectivity index (χ4v) is 6.36. The molecule has 2 fully saturated rings. The molecule has 33 heavy (non-hydrogen) atoms. The SMILES string of the molecule is Cc1ccc(S(=O)(=O)Nc2ccc(C=C3SC(=O)N(C(C)C4CCCCC4)C3=O)cc2)cc1. The van der Waals surface area contributed by atoms with Crippen LogP contribution in [0.3, 0.4) is 0 Å². The average molecular weight is 485 g/mol. The van der Waals surface area contributed by atoms with Crippen LogP contribution in [0.1, 0.15) is 50.2 Å². The molecule has 1 atom stereocenters. The number of amides is 2. The summed E-state index contributed by atoms with van der Waals surface area (Å²) in [6, 6.07) is 13.3. The number of aryl methyl sites for hydroxylation is 1. The number of hydrogen-bond acceptors (Lipinski definition) is 5. The van der Waals surface area contributed by atoms with Crippen LogP contribution in [-0.2, 0) is 14.8 Å². The Morgan fingerprint density at radius 1 is 1.00 bits per heavy atom. The molecule has 1 saturated carbocycles. The lowest BCUT2D eigenvalue weighted by Crippen LogP contribution is -2.42. The van der Waals surface area contributed by atoms with E-state index in [1.807, 2.05) is 13.8 Å². The number of carbonyl (C=O) groups excluding carboxylic acids is 2. The third kappa shape index (κ3) is 5.33. The zero-order chi connectivity index (χ0) is 23.6. The second-order valence-corrected chi connectivity index (χ2v) is 11.4. The van der Waals surface area contributed by atoms with Gasteiger partial charge >= 0.3 is 0 Å². The summed E-state index contributed by atoms with van der Waals surface area (Å²) in [7, 11) is -3.68. The summed E-state index contributed by atoms with van der Waals surface area (Å²) in [5.74, 6) is 0.125. The highest BCUT2D eigenvalue weighted by molar-refractivity contribution is 8.18. The van der Waals surface area contributed by atoms with Crippen molar-refractivity contribution >= 4 is 44.7 Å². The van der Waals surface area contributed by atoms with E-state index in [0.717, 1.165) is 48.6 Å².